The number of fused-ring (bicyclic) bond motifs is 1. The Balaban J connectivity index is 1.35. The number of nitrogens with one attached hydrogen (secondary N) is 2. The number of allylic oxidation sites excluding steroid dienone is 1. The Morgan fingerprint density at radius 1 is 1.15 bits per heavy atom. The van der Waals surface area contributed by atoms with Gasteiger partial charge in [-0.15, -0.1) is 0 Å². The Bertz CT molecular complexity index is 719. The third-order valence-corrected chi connectivity index (χ3v) is 5.91. The van der Waals surface area contributed by atoms with Crippen molar-refractivity contribution in [3.05, 3.63) is 46.5 Å². The normalized spacial score (nSPS) is 23.1. The molecule has 7 heteroatoms. The van der Waals surface area contributed by atoms with Crippen molar-refractivity contribution in [2.24, 2.45) is 5.92 Å². The number of ether oxygens (including phenoxy) is 1. The van der Waals surface area contributed by atoms with E-state index in [2.05, 4.69) is 15.5 Å². The molecule has 0 aliphatic carbocycles. The molecule has 3 aliphatic heterocycles. The van der Waals surface area contributed by atoms with E-state index in [9.17, 15) is 13.2 Å². The van der Waals surface area contributed by atoms with Gasteiger partial charge in [-0.25, -0.2) is 13.2 Å². The van der Waals surface area contributed by atoms with Gasteiger partial charge in [0.05, 0.1) is 6.67 Å². The molecular formula is C20H26F3N3O. The molecule has 3 aliphatic rings. The van der Waals surface area contributed by atoms with Gasteiger partial charge in [0.25, 0.3) is 0 Å². The second kappa shape index (κ2) is 8.10. The summed E-state index contributed by atoms with van der Waals surface area (Å²) in [6, 6.07) is 1.87. The maximum atomic E-state index is 14.1. The quantitative estimate of drug-likeness (QED) is 0.587. The van der Waals surface area contributed by atoms with Crippen molar-refractivity contribution in [1.82, 2.24) is 15.5 Å². The maximum absolute atomic E-state index is 14.1. The highest BCUT2D eigenvalue weighted by atomic mass is 19.2. The van der Waals surface area contributed by atoms with E-state index in [1.165, 1.54) is 0 Å². The van der Waals surface area contributed by atoms with Crippen molar-refractivity contribution >= 4 is 0 Å². The molecule has 4 rings (SSSR count). The maximum Gasteiger partial charge on any atom is 0.165 e. The van der Waals surface area contributed by atoms with Gasteiger partial charge in [0.2, 0.25) is 0 Å². The molecule has 1 aromatic carbocycles. The van der Waals surface area contributed by atoms with E-state index in [0.717, 1.165) is 69.1 Å². The van der Waals surface area contributed by atoms with E-state index in [1.807, 2.05) is 0 Å². The van der Waals surface area contributed by atoms with Crippen molar-refractivity contribution in [3.8, 4) is 0 Å². The van der Waals surface area contributed by atoms with Gasteiger partial charge in [-0.1, -0.05) is 0 Å². The van der Waals surface area contributed by atoms with Crippen LogP contribution >= 0.6 is 0 Å². The van der Waals surface area contributed by atoms with Crippen LogP contribution in [0.25, 0.3) is 0 Å². The lowest BCUT2D eigenvalue weighted by atomic mass is 9.95. The second-order valence-corrected chi connectivity index (χ2v) is 7.65. The van der Waals surface area contributed by atoms with Gasteiger partial charge < -0.3 is 20.3 Å². The summed E-state index contributed by atoms with van der Waals surface area (Å²) in [4.78, 5) is 2.11. The Morgan fingerprint density at radius 3 is 2.74 bits per heavy atom. The highest BCUT2D eigenvalue weighted by Crippen LogP contribution is 2.40. The van der Waals surface area contributed by atoms with Crippen LogP contribution in [0, 0.1) is 23.4 Å². The molecule has 27 heavy (non-hydrogen) atoms. The molecule has 0 saturated carbocycles. The minimum atomic E-state index is -1.05. The fraction of sp³-hybridized carbons (Fsp3) is 0.600. The summed E-state index contributed by atoms with van der Waals surface area (Å²) in [7, 11) is 0. The zero-order chi connectivity index (χ0) is 18.8. The number of rotatable bonds is 6. The number of hydrogen-bond acceptors (Lipinski definition) is 4. The average Bonchev–Trinajstić information content (AvgIpc) is 3.24. The number of halogens is 3. The average molecular weight is 381 g/mol. The first-order valence-corrected chi connectivity index (χ1v) is 9.76. The summed E-state index contributed by atoms with van der Waals surface area (Å²) in [5.74, 6) is -2.35. The van der Waals surface area contributed by atoms with Crippen LogP contribution < -0.4 is 10.6 Å². The third kappa shape index (κ3) is 3.94. The van der Waals surface area contributed by atoms with Gasteiger partial charge in [0, 0.05) is 55.6 Å². The Hall–Kier alpha value is -1.73. The molecule has 1 atom stereocenters. The molecule has 0 unspecified atom stereocenters. The summed E-state index contributed by atoms with van der Waals surface area (Å²) in [6.45, 7) is 4.74. The topological polar surface area (TPSA) is 36.5 Å². The van der Waals surface area contributed by atoms with Gasteiger partial charge in [0.1, 0.15) is 5.82 Å². The summed E-state index contributed by atoms with van der Waals surface area (Å²) in [5, 5.41) is 6.91. The first kappa shape index (κ1) is 18.6. The van der Waals surface area contributed by atoms with Gasteiger partial charge >= 0.3 is 0 Å². The van der Waals surface area contributed by atoms with E-state index in [4.69, 9.17) is 4.74 Å². The fourth-order valence-corrected chi connectivity index (χ4v) is 4.38. The van der Waals surface area contributed by atoms with E-state index in [1.54, 1.807) is 0 Å². The molecule has 0 bridgehead atoms. The lowest BCUT2D eigenvalue weighted by Crippen LogP contribution is -2.29. The lowest BCUT2D eigenvalue weighted by Gasteiger charge is -2.22. The van der Waals surface area contributed by atoms with E-state index < -0.39 is 17.5 Å². The van der Waals surface area contributed by atoms with Crippen LogP contribution in [-0.2, 0) is 4.74 Å². The van der Waals surface area contributed by atoms with Crippen molar-refractivity contribution in [2.75, 3.05) is 39.5 Å². The van der Waals surface area contributed by atoms with Crippen molar-refractivity contribution in [1.29, 1.82) is 0 Å². The van der Waals surface area contributed by atoms with Gasteiger partial charge in [-0.2, -0.15) is 0 Å². The molecule has 0 spiro atoms. The summed E-state index contributed by atoms with van der Waals surface area (Å²) < 4.78 is 47.2. The van der Waals surface area contributed by atoms with E-state index in [-0.39, 0.29) is 11.5 Å². The fourth-order valence-electron chi connectivity index (χ4n) is 4.38. The third-order valence-electron chi connectivity index (χ3n) is 5.91. The molecule has 4 nitrogen and oxygen atoms in total. The highest BCUT2D eigenvalue weighted by Gasteiger charge is 2.36. The zero-order valence-corrected chi connectivity index (χ0v) is 15.4. The van der Waals surface area contributed by atoms with Crippen LogP contribution in [0.4, 0.5) is 13.2 Å². The summed E-state index contributed by atoms with van der Waals surface area (Å²) >= 11 is 0. The standard InChI is InChI=1S/C20H26F3N3O/c21-15-1-2-16(22)20(23)19(15)14-9-18-17(25-12-26(18)11-14)3-6-24-10-13-4-7-27-8-5-13/h1-2,13-14,24-25H,3-12H2/t14-/m0/s1. The number of hydrogen-bond donors (Lipinski definition) is 2. The minimum Gasteiger partial charge on any atom is -0.381 e. The van der Waals surface area contributed by atoms with Crippen LogP contribution in [0.15, 0.2) is 23.5 Å². The zero-order valence-electron chi connectivity index (χ0n) is 15.4. The van der Waals surface area contributed by atoms with Crippen molar-refractivity contribution < 1.29 is 17.9 Å². The highest BCUT2D eigenvalue weighted by molar-refractivity contribution is 5.32. The smallest absolute Gasteiger partial charge is 0.165 e. The monoisotopic (exact) mass is 381 g/mol. The van der Waals surface area contributed by atoms with Crippen molar-refractivity contribution in [3.63, 3.8) is 0 Å². The Morgan fingerprint density at radius 2 is 1.93 bits per heavy atom. The molecule has 2 saturated heterocycles. The minimum absolute atomic E-state index is 0.117. The van der Waals surface area contributed by atoms with Gasteiger partial charge in [-0.3, -0.25) is 0 Å². The van der Waals surface area contributed by atoms with Crippen LogP contribution in [0.3, 0.4) is 0 Å². The molecule has 1 aromatic rings. The summed E-state index contributed by atoms with van der Waals surface area (Å²) in [6.07, 6.45) is 3.62. The molecule has 3 heterocycles. The van der Waals surface area contributed by atoms with Crippen LogP contribution in [0.2, 0.25) is 0 Å². The van der Waals surface area contributed by atoms with Crippen molar-refractivity contribution in [2.45, 2.75) is 31.6 Å². The molecule has 0 aromatic heterocycles. The van der Waals surface area contributed by atoms with E-state index in [0.29, 0.717) is 25.6 Å². The number of nitrogens with zero attached hydrogens (tertiary/aromatic N) is 1. The molecule has 2 fully saturated rings. The Labute approximate surface area is 157 Å². The van der Waals surface area contributed by atoms with Gasteiger partial charge in [0.15, 0.2) is 11.6 Å². The Kier molecular flexibility index (Phi) is 5.59. The van der Waals surface area contributed by atoms with Crippen LogP contribution in [0.1, 0.15) is 37.2 Å². The first-order valence-electron chi connectivity index (χ1n) is 9.76. The molecule has 2 N–H and O–H groups in total. The van der Waals surface area contributed by atoms with Crippen LogP contribution in [-0.4, -0.2) is 44.4 Å². The number of benzene rings is 1. The first-order chi connectivity index (χ1) is 13.1. The van der Waals surface area contributed by atoms with Crippen LogP contribution in [0.5, 0.6) is 0 Å². The predicted molar refractivity (Wildman–Crippen MR) is 96.4 cm³/mol. The molecule has 0 radical (unpaired) electrons. The van der Waals surface area contributed by atoms with Gasteiger partial charge in [-0.05, 0) is 43.9 Å². The van der Waals surface area contributed by atoms with E-state index >= 15 is 0 Å². The molecule has 148 valence electrons. The molecule has 0 amide bonds. The SMILES string of the molecule is Fc1ccc(F)c([C@H]2CC3=C(CCNCC4CCOCC4)NCN3C2)c1F. The molecular weight excluding hydrogens is 355 g/mol. The second-order valence-electron chi connectivity index (χ2n) is 7.65. The lowest BCUT2D eigenvalue weighted by molar-refractivity contribution is 0.0664. The summed E-state index contributed by atoms with van der Waals surface area (Å²) in [5.41, 5.74) is 2.12. The predicted octanol–water partition coefficient (Wildman–Crippen LogP) is 3.07. The largest absolute Gasteiger partial charge is 0.381 e.